The second kappa shape index (κ2) is 37.4. The predicted octanol–water partition coefficient (Wildman–Crippen LogP) is 7.05. The van der Waals surface area contributed by atoms with Gasteiger partial charge < -0.3 is 37.2 Å². The topological polar surface area (TPSA) is 293 Å². The third-order valence-electron chi connectivity index (χ3n) is 6.98. The Hall–Kier alpha value is -2.13. The number of aromatic nitrogens is 3. The van der Waals surface area contributed by atoms with Crippen molar-refractivity contribution in [3.63, 3.8) is 0 Å². The molecule has 2 atom stereocenters. The molecule has 0 unspecified atom stereocenters. The first-order chi connectivity index (χ1) is 27.4. The van der Waals surface area contributed by atoms with Crippen molar-refractivity contribution in [2.24, 2.45) is 9.98 Å². The zero-order valence-electron chi connectivity index (χ0n) is 32.8. The summed E-state index contributed by atoms with van der Waals surface area (Å²) >= 11 is 18.8. The van der Waals surface area contributed by atoms with Gasteiger partial charge >= 0.3 is 47.5 Å². The first kappa shape index (κ1) is 62.2. The van der Waals surface area contributed by atoms with Crippen molar-refractivity contribution in [1.82, 2.24) is 31.8 Å². The van der Waals surface area contributed by atoms with Crippen LogP contribution < -0.4 is 46.3 Å². The molecule has 0 spiro atoms. The minimum Gasteiger partial charge on any atom is -0.870 e. The van der Waals surface area contributed by atoms with Gasteiger partial charge in [0, 0.05) is 96.2 Å². The van der Waals surface area contributed by atoms with Gasteiger partial charge in [0.05, 0.1) is 35.7 Å². The number of likely N-dealkylation sites (N-methyl/N-ethyl adjacent to an activating group) is 2. The zero-order chi connectivity index (χ0) is 42.6. The van der Waals surface area contributed by atoms with Crippen LogP contribution in [-0.2, 0) is 4.74 Å². The van der Waals surface area contributed by atoms with Crippen molar-refractivity contribution in [2.75, 3.05) is 27.4 Å². The summed E-state index contributed by atoms with van der Waals surface area (Å²) in [5.74, 6) is -2.11. The van der Waals surface area contributed by atoms with Crippen molar-refractivity contribution in [2.45, 2.75) is 44.7 Å². The molecule has 324 valence electrons. The third kappa shape index (κ3) is 23.9. The van der Waals surface area contributed by atoms with E-state index in [2.05, 4.69) is 109 Å². The summed E-state index contributed by atoms with van der Waals surface area (Å²) in [5, 5.41) is 57.9. The summed E-state index contributed by atoms with van der Waals surface area (Å²) in [7, 11) is 4.11. The van der Waals surface area contributed by atoms with Gasteiger partial charge in [-0.1, -0.05) is 12.8 Å². The average molecular weight is 1170 g/mol. The number of carboxylic acid groups (broad SMARTS) is 2. The molecule has 1 saturated carbocycles. The summed E-state index contributed by atoms with van der Waals surface area (Å²) in [6.45, 7) is 2.85. The summed E-state index contributed by atoms with van der Waals surface area (Å²) in [5.41, 5.74) is 1.67. The number of aliphatic imine (C=N–C) groups is 2. The molecule has 0 radical (unpaired) electrons. The fourth-order valence-corrected chi connectivity index (χ4v) is 9.72. The van der Waals surface area contributed by atoms with Gasteiger partial charge in [-0.3, -0.25) is 9.98 Å². The van der Waals surface area contributed by atoms with Gasteiger partial charge in [-0.25, -0.2) is 14.4 Å². The summed E-state index contributed by atoms with van der Waals surface area (Å²) in [6.07, 6.45) is 11.9. The van der Waals surface area contributed by atoms with Crippen LogP contribution in [0.4, 0.5) is 0 Å². The molecule has 7 rings (SSSR count). The first-order valence-corrected chi connectivity index (χ1v) is 23.3. The number of carbonyl (C=O) groups is 3. The Balaban J connectivity index is -0.000000649. The van der Waals surface area contributed by atoms with Gasteiger partial charge in [-0.2, -0.15) is 44.2 Å². The van der Waals surface area contributed by atoms with Crippen LogP contribution in [0, 0.1) is 10.8 Å². The molecule has 8 N–H and O–H groups in total. The van der Waals surface area contributed by atoms with Gasteiger partial charge in [0.1, 0.15) is 12.4 Å². The van der Waals surface area contributed by atoms with Crippen LogP contribution in [0.3, 0.4) is 0 Å². The van der Waals surface area contributed by atoms with Crippen LogP contribution in [0.5, 0.6) is 0 Å². The van der Waals surface area contributed by atoms with Crippen LogP contribution in [0.15, 0.2) is 83.3 Å². The molecular formula is C34H43Br4N10NaO7S4. The fourth-order valence-electron chi connectivity index (χ4n) is 4.34. The Labute approximate surface area is 419 Å². The molecule has 0 amide bonds. The maximum atomic E-state index is 11.1. The molecule has 0 bridgehead atoms. The molecule has 0 saturated heterocycles. The van der Waals surface area contributed by atoms with Crippen LogP contribution in [0.25, 0.3) is 5.69 Å². The number of thiophene rings is 4. The maximum absolute atomic E-state index is 11.1. The van der Waals surface area contributed by atoms with Gasteiger partial charge in [0.25, 0.3) is 0 Å². The molecular weight excluding hydrogens is 1130 g/mol. The van der Waals surface area contributed by atoms with E-state index in [1.165, 1.54) is 76.9 Å². The van der Waals surface area contributed by atoms with Gasteiger partial charge in [0.15, 0.2) is 0 Å². The normalized spacial score (nSPS) is 13.7. The number of rotatable bonds is 7. The Morgan fingerprint density at radius 3 is 1.45 bits per heavy atom. The minimum atomic E-state index is -0.964. The molecule has 5 aromatic rings. The molecule has 26 heteroatoms. The van der Waals surface area contributed by atoms with E-state index in [0.717, 1.165) is 13.4 Å². The van der Waals surface area contributed by atoms with Gasteiger partial charge in [0.2, 0.25) is 0 Å². The van der Waals surface area contributed by atoms with Crippen LogP contribution in [0.2, 0.25) is 0 Å². The number of carboxylic acids is 2. The molecule has 1 fully saturated rings. The van der Waals surface area contributed by atoms with E-state index < -0.39 is 11.9 Å². The second-order valence-corrected chi connectivity index (χ2v) is 16.9. The van der Waals surface area contributed by atoms with Crippen LogP contribution in [-0.4, -0.2) is 100 Å². The fraction of sp³-hybridized carbons (Fsp3) is 0.324. The van der Waals surface area contributed by atoms with E-state index in [-0.39, 0.29) is 52.7 Å². The molecule has 1 aliphatic heterocycles. The first-order valence-electron chi connectivity index (χ1n) is 16.3. The van der Waals surface area contributed by atoms with E-state index >= 15 is 0 Å². The molecule has 17 nitrogen and oxygen atoms in total. The number of nitrogens with one attached hydrogen (secondary N) is 2. The standard InChI is InChI=1S/C8H18N2.C7H7BrO2S.C7H5N3O2S.C5H3BrO2S.C4H2Br2S.C3H4N2.N2.H3N.Na.H2O/c1-9-7-5-3-4-6-8(7)10-2;1-2-10-7(9)5-3-11-4-6(5)8;11-7(12)5-3-13-4-6(5)10-8-1-2-9-10;6-4-2-9-1-3(4)5(7)8;5-3-1-7-2-4(3)6;1-2-5-3-4-1;1-2;;;/h7-10H,3-6H2,1-2H3;3-4H,2H2,1H3;1-4H,(H,11,12);1-2H,(H,7,8);1-2H;1-2H,3H2;;1H3;;1H2/q;;;;;;;;+1;/p-1/t7-,8-;;;;;;;;;/m1........./s1. The number of ether oxygens (including phenoxy) is 1. The quantitative estimate of drug-likeness (QED) is 0.0620. The van der Waals surface area contributed by atoms with Gasteiger partial charge in [-0.15, -0.1) is 16.1 Å². The largest absolute Gasteiger partial charge is 1.00 e. The second-order valence-electron chi connectivity index (χ2n) is 10.5. The molecule has 0 aromatic carbocycles. The number of carbonyl (C=O) groups excluding carboxylic acids is 1. The monoisotopic (exact) mass is 1170 g/mol. The number of esters is 1. The smallest absolute Gasteiger partial charge is 0.870 e. The number of hydrogen-bond donors (Lipinski definition) is 5. The Kier molecular flexibility index (Phi) is 38.8. The number of hydrogen-bond acceptors (Lipinski definition) is 18. The number of halogens is 4. The van der Waals surface area contributed by atoms with Crippen molar-refractivity contribution in [3.05, 3.63) is 90.0 Å². The van der Waals surface area contributed by atoms with Crippen molar-refractivity contribution in [1.29, 1.82) is 10.8 Å². The predicted molar refractivity (Wildman–Crippen MR) is 249 cm³/mol. The SMILES string of the molecule is Brc1cscc1Br.C1=NCN=C1.CCOC(=O)c1cscc1Br.CN[C@@H]1CCCC[C@H]1NC.N.N#N.O=C(O)c1cscc1-n1nccn1.O=C(O)c1cscc1Br.[Na+].[OH-]. The molecule has 2 aliphatic rings. The Morgan fingerprint density at radius 2 is 1.13 bits per heavy atom. The molecule has 5 aromatic heterocycles. The van der Waals surface area contributed by atoms with E-state index in [4.69, 9.17) is 25.7 Å². The van der Waals surface area contributed by atoms with Crippen LogP contribution >= 0.6 is 109 Å². The summed E-state index contributed by atoms with van der Waals surface area (Å²) < 4.78 is 8.54. The molecule has 6 heterocycles. The summed E-state index contributed by atoms with van der Waals surface area (Å²) in [4.78, 5) is 40.8. The molecule has 1 aliphatic carbocycles. The van der Waals surface area contributed by atoms with E-state index in [1.807, 2.05) is 16.1 Å². The van der Waals surface area contributed by atoms with Gasteiger partial charge in [-0.05, 0) is 97.6 Å². The van der Waals surface area contributed by atoms with Crippen LogP contribution in [0.1, 0.15) is 63.7 Å². The Bertz CT molecular complexity index is 1940. The minimum absolute atomic E-state index is 0. The number of nitrogens with zero attached hydrogens (tertiary/aromatic N) is 7. The zero-order valence-corrected chi connectivity index (χ0v) is 44.4. The number of aromatic carboxylic acids is 2. The van der Waals surface area contributed by atoms with Crippen molar-refractivity contribution >= 4 is 139 Å². The third-order valence-corrected chi connectivity index (χ3v) is 14.3. The van der Waals surface area contributed by atoms with E-state index in [1.54, 1.807) is 57.6 Å². The van der Waals surface area contributed by atoms with Crippen molar-refractivity contribution in [3.8, 4) is 5.69 Å². The van der Waals surface area contributed by atoms with Crippen molar-refractivity contribution < 1.29 is 64.4 Å². The Morgan fingerprint density at radius 1 is 0.733 bits per heavy atom. The van der Waals surface area contributed by atoms with E-state index in [0.29, 0.717) is 46.6 Å². The maximum Gasteiger partial charge on any atom is 1.00 e. The van der Waals surface area contributed by atoms with E-state index in [9.17, 15) is 14.4 Å². The summed E-state index contributed by atoms with van der Waals surface area (Å²) in [6, 6.07) is 1.41. The average Bonchev–Trinajstić information content (AvgIpc) is 4.07. The molecule has 60 heavy (non-hydrogen) atoms.